The summed E-state index contributed by atoms with van der Waals surface area (Å²) >= 11 is 0. The molecule has 1 fully saturated rings. The summed E-state index contributed by atoms with van der Waals surface area (Å²) in [6.45, 7) is -2.75. The summed E-state index contributed by atoms with van der Waals surface area (Å²) in [5.41, 5.74) is 0. The van der Waals surface area contributed by atoms with E-state index in [1.807, 2.05) is 0 Å². The SMILES string of the molecule is [2H]C(=O)COC[C@H]1OC(OCC([2H])=O)[C@H](OCC([2H])=O)[C@@H]1OCC([2H])=O. The molecular weight excluding hydrogens is 300 g/mol. The first-order valence-electron chi connectivity index (χ1n) is 8.26. The molecule has 4 atom stereocenters. The highest BCUT2D eigenvalue weighted by Crippen LogP contribution is 2.27. The van der Waals surface area contributed by atoms with Gasteiger partial charge in [-0.2, -0.15) is 0 Å². The maximum atomic E-state index is 10.9. The van der Waals surface area contributed by atoms with Gasteiger partial charge in [-0.1, -0.05) is 0 Å². The third-order valence-electron chi connectivity index (χ3n) is 2.69. The summed E-state index contributed by atoms with van der Waals surface area (Å²) in [4.78, 5) is 43.1. The Morgan fingerprint density at radius 3 is 1.95 bits per heavy atom. The molecule has 0 saturated carbocycles. The normalized spacial score (nSPS) is 30.0. The van der Waals surface area contributed by atoms with Gasteiger partial charge >= 0.3 is 0 Å². The van der Waals surface area contributed by atoms with Crippen LogP contribution in [-0.4, -0.2) is 82.7 Å². The van der Waals surface area contributed by atoms with Gasteiger partial charge in [0.25, 0.3) is 0 Å². The second kappa shape index (κ2) is 11.1. The highest BCUT2D eigenvalue weighted by molar-refractivity contribution is 5.51. The van der Waals surface area contributed by atoms with Gasteiger partial charge in [0, 0.05) is 0 Å². The van der Waals surface area contributed by atoms with Gasteiger partial charge in [0.1, 0.15) is 75.3 Å². The van der Waals surface area contributed by atoms with Crippen LogP contribution in [0.2, 0.25) is 0 Å². The van der Waals surface area contributed by atoms with Crippen molar-refractivity contribution in [2.45, 2.75) is 24.6 Å². The zero-order valence-corrected chi connectivity index (χ0v) is 11.5. The quantitative estimate of drug-likeness (QED) is 0.366. The van der Waals surface area contributed by atoms with Gasteiger partial charge in [-0.25, -0.2) is 0 Å². The molecular formula is C13H18O9. The summed E-state index contributed by atoms with van der Waals surface area (Å²) in [7, 11) is 0. The van der Waals surface area contributed by atoms with Crippen molar-refractivity contribution in [1.82, 2.24) is 0 Å². The molecule has 9 heteroatoms. The predicted molar refractivity (Wildman–Crippen MR) is 69.2 cm³/mol. The van der Waals surface area contributed by atoms with Crippen LogP contribution >= 0.6 is 0 Å². The number of rotatable bonds is 13. The molecule has 0 aromatic heterocycles. The number of hydrogen-bond acceptors (Lipinski definition) is 9. The number of aldehydes is 4. The maximum absolute atomic E-state index is 10.9. The van der Waals surface area contributed by atoms with Crippen LogP contribution in [0.15, 0.2) is 0 Å². The van der Waals surface area contributed by atoms with Gasteiger partial charge < -0.3 is 42.9 Å². The Hall–Kier alpha value is -1.52. The lowest BCUT2D eigenvalue weighted by molar-refractivity contribution is -0.181. The molecule has 1 rings (SSSR count). The van der Waals surface area contributed by atoms with E-state index in [-0.39, 0.29) is 6.61 Å². The molecule has 9 nitrogen and oxygen atoms in total. The van der Waals surface area contributed by atoms with E-state index in [0.29, 0.717) is 0 Å². The number of hydrogen-bond donors (Lipinski definition) is 0. The molecule has 0 aromatic rings. The van der Waals surface area contributed by atoms with Crippen molar-refractivity contribution in [3.05, 3.63) is 0 Å². The smallest absolute Gasteiger partial charge is 0.187 e. The van der Waals surface area contributed by atoms with E-state index in [4.69, 9.17) is 29.2 Å². The molecule has 0 bridgehead atoms. The van der Waals surface area contributed by atoms with E-state index in [2.05, 4.69) is 0 Å². The fraction of sp³-hybridized carbons (Fsp3) is 0.692. The van der Waals surface area contributed by atoms with E-state index >= 15 is 0 Å². The Balaban J connectivity index is 2.86. The Bertz CT molecular complexity index is 530. The van der Waals surface area contributed by atoms with Crippen LogP contribution in [0.5, 0.6) is 0 Å². The first kappa shape index (κ1) is 13.0. The Morgan fingerprint density at radius 1 is 0.818 bits per heavy atom. The predicted octanol–water partition coefficient (Wildman–Crippen LogP) is -1.69. The lowest BCUT2D eigenvalue weighted by Gasteiger charge is -2.22. The molecule has 0 N–H and O–H groups in total. The molecule has 1 aliphatic heterocycles. The standard InChI is InChI=1S/C13H18O9/c14-1-5-18-9-10-11(19-6-2-15)12(20-7-3-16)13(22-10)21-8-4-17/h1-4,10-13H,5-9H2/t10-,11-,12-,13?/m1/s1/i1D,2D,3D,4D. The summed E-state index contributed by atoms with van der Waals surface area (Å²) in [5.74, 6) is 0. The average Bonchev–Trinajstić information content (AvgIpc) is 2.85. The van der Waals surface area contributed by atoms with E-state index in [9.17, 15) is 19.2 Å². The van der Waals surface area contributed by atoms with Crippen molar-refractivity contribution < 1.29 is 48.3 Å². The van der Waals surface area contributed by atoms with Gasteiger partial charge in [0.05, 0.1) is 6.61 Å². The lowest BCUT2D eigenvalue weighted by atomic mass is 10.1. The highest BCUT2D eigenvalue weighted by Gasteiger charge is 2.47. The fourth-order valence-corrected chi connectivity index (χ4v) is 1.93. The minimum atomic E-state index is -1.28. The van der Waals surface area contributed by atoms with Crippen molar-refractivity contribution in [3.63, 3.8) is 0 Å². The van der Waals surface area contributed by atoms with Crippen LogP contribution in [0.1, 0.15) is 5.48 Å². The summed E-state index contributed by atoms with van der Waals surface area (Å²) in [5, 5.41) is 0. The minimum Gasteiger partial charge on any atom is -0.371 e. The van der Waals surface area contributed by atoms with Crippen LogP contribution in [0, 0.1) is 0 Å². The maximum Gasteiger partial charge on any atom is 0.187 e. The van der Waals surface area contributed by atoms with Crippen LogP contribution in [0.25, 0.3) is 0 Å². The first-order chi connectivity index (χ1) is 12.2. The van der Waals surface area contributed by atoms with E-state index < -0.39 is 76.1 Å². The number of ether oxygens (including phenoxy) is 5. The fourth-order valence-electron chi connectivity index (χ4n) is 1.93. The summed E-state index contributed by atoms with van der Waals surface area (Å²) in [6.07, 6.45) is -8.66. The second-order valence-corrected chi connectivity index (χ2v) is 4.00. The molecule has 1 heterocycles. The topological polar surface area (TPSA) is 114 Å². The van der Waals surface area contributed by atoms with Crippen LogP contribution in [-0.2, 0) is 42.9 Å². The molecule has 0 radical (unpaired) electrons. The minimum absolute atomic E-state index is 0.273. The monoisotopic (exact) mass is 322 g/mol. The van der Waals surface area contributed by atoms with Crippen molar-refractivity contribution in [1.29, 1.82) is 0 Å². The molecule has 0 amide bonds. The van der Waals surface area contributed by atoms with Crippen LogP contribution in [0.4, 0.5) is 0 Å². The Labute approximate surface area is 132 Å². The molecule has 0 spiro atoms. The zero-order valence-electron chi connectivity index (χ0n) is 15.5. The van der Waals surface area contributed by atoms with Crippen molar-refractivity contribution >= 4 is 25.0 Å². The Kier molecular flexibility index (Phi) is 6.54. The van der Waals surface area contributed by atoms with Crippen molar-refractivity contribution in [2.75, 3.05) is 33.0 Å². The highest BCUT2D eigenvalue weighted by atomic mass is 16.7. The molecule has 0 aliphatic carbocycles. The largest absolute Gasteiger partial charge is 0.371 e. The summed E-state index contributed by atoms with van der Waals surface area (Å²) < 4.78 is 53.3. The van der Waals surface area contributed by atoms with Gasteiger partial charge in [0.15, 0.2) is 6.29 Å². The van der Waals surface area contributed by atoms with Crippen molar-refractivity contribution in [2.24, 2.45) is 0 Å². The van der Waals surface area contributed by atoms with Crippen molar-refractivity contribution in [3.8, 4) is 0 Å². The van der Waals surface area contributed by atoms with Crippen LogP contribution < -0.4 is 0 Å². The molecule has 1 saturated heterocycles. The van der Waals surface area contributed by atoms with E-state index in [0.717, 1.165) is 0 Å². The van der Waals surface area contributed by atoms with Gasteiger partial charge in [-0.15, -0.1) is 0 Å². The first-order valence-corrected chi connectivity index (χ1v) is 6.26. The molecule has 1 unspecified atom stereocenters. The molecule has 0 aromatic carbocycles. The lowest BCUT2D eigenvalue weighted by Crippen LogP contribution is -2.40. The Morgan fingerprint density at radius 2 is 1.36 bits per heavy atom. The molecule has 124 valence electrons. The zero-order chi connectivity index (χ0) is 19.7. The number of carbonyl (C=O) groups excluding carboxylic acids is 4. The molecule has 22 heavy (non-hydrogen) atoms. The molecule has 1 aliphatic rings. The van der Waals surface area contributed by atoms with Gasteiger partial charge in [0.2, 0.25) is 0 Å². The van der Waals surface area contributed by atoms with Gasteiger partial charge in [-0.3, -0.25) is 0 Å². The third-order valence-corrected chi connectivity index (χ3v) is 2.69. The van der Waals surface area contributed by atoms with E-state index in [1.54, 1.807) is 0 Å². The number of carbonyl (C=O) groups is 4. The van der Waals surface area contributed by atoms with E-state index in [1.165, 1.54) is 0 Å². The third kappa shape index (κ3) is 5.70. The average molecular weight is 322 g/mol. The summed E-state index contributed by atoms with van der Waals surface area (Å²) in [6, 6.07) is 0. The van der Waals surface area contributed by atoms with Crippen LogP contribution in [0.3, 0.4) is 0 Å². The second-order valence-electron chi connectivity index (χ2n) is 4.00. The van der Waals surface area contributed by atoms with Gasteiger partial charge in [-0.05, 0) is 0 Å².